The number of hydrogen-bond acceptors (Lipinski definition) is 2. The van der Waals surface area contributed by atoms with E-state index in [0.29, 0.717) is 0 Å². The Morgan fingerprint density at radius 3 is 2.67 bits per heavy atom. The van der Waals surface area contributed by atoms with Crippen LogP contribution >= 0.6 is 0 Å². The standard InChI is InChI=1S/C7H12O2/c1-7(5-8)4-2-3-6(7)9/h2-3,6,8-9H,4-5H2,1H3/t6?,7-/m0/s1. The monoisotopic (exact) mass is 128 g/mol. The number of allylic oxidation sites excluding steroid dienone is 1. The Balaban J connectivity index is 2.62. The molecule has 0 radical (unpaired) electrons. The largest absolute Gasteiger partial charge is 0.396 e. The lowest BCUT2D eigenvalue weighted by molar-refractivity contribution is 0.0368. The predicted octanol–water partition coefficient (Wildman–Crippen LogP) is 0.306. The summed E-state index contributed by atoms with van der Waals surface area (Å²) in [6, 6.07) is 0. The summed E-state index contributed by atoms with van der Waals surface area (Å²) in [7, 11) is 0. The van der Waals surface area contributed by atoms with Crippen molar-refractivity contribution in [2.75, 3.05) is 6.61 Å². The maximum absolute atomic E-state index is 9.20. The second-order valence-corrected chi connectivity index (χ2v) is 2.89. The lowest BCUT2D eigenvalue weighted by Gasteiger charge is -2.24. The smallest absolute Gasteiger partial charge is 0.0799 e. The van der Waals surface area contributed by atoms with Gasteiger partial charge in [0.15, 0.2) is 0 Å². The van der Waals surface area contributed by atoms with Crippen LogP contribution in [0.4, 0.5) is 0 Å². The Morgan fingerprint density at radius 1 is 1.78 bits per heavy atom. The topological polar surface area (TPSA) is 40.5 Å². The SMILES string of the molecule is C[C@@]1(CO)CC=CC1O. The summed E-state index contributed by atoms with van der Waals surface area (Å²) in [5, 5.41) is 18.0. The highest BCUT2D eigenvalue weighted by Gasteiger charge is 2.32. The Labute approximate surface area is 54.8 Å². The molecule has 0 aromatic carbocycles. The van der Waals surface area contributed by atoms with E-state index < -0.39 is 6.10 Å². The fourth-order valence-corrected chi connectivity index (χ4v) is 0.977. The Morgan fingerprint density at radius 2 is 2.44 bits per heavy atom. The molecule has 0 fully saturated rings. The van der Waals surface area contributed by atoms with Gasteiger partial charge in [-0.25, -0.2) is 0 Å². The Bertz CT molecular complexity index is 131. The number of aliphatic hydroxyl groups excluding tert-OH is 2. The maximum Gasteiger partial charge on any atom is 0.0799 e. The van der Waals surface area contributed by atoms with Gasteiger partial charge in [-0.2, -0.15) is 0 Å². The van der Waals surface area contributed by atoms with Crippen LogP contribution in [0.1, 0.15) is 13.3 Å². The Kier molecular flexibility index (Phi) is 1.60. The van der Waals surface area contributed by atoms with Crippen LogP contribution in [0.2, 0.25) is 0 Å². The summed E-state index contributed by atoms with van der Waals surface area (Å²) in [4.78, 5) is 0. The first-order valence-corrected chi connectivity index (χ1v) is 3.15. The van der Waals surface area contributed by atoms with E-state index in [1.54, 1.807) is 6.08 Å². The minimum atomic E-state index is -0.456. The molecular weight excluding hydrogens is 116 g/mol. The fraction of sp³-hybridized carbons (Fsp3) is 0.714. The molecule has 0 aromatic rings. The van der Waals surface area contributed by atoms with Gasteiger partial charge in [-0.05, 0) is 6.42 Å². The molecule has 52 valence electrons. The van der Waals surface area contributed by atoms with Gasteiger partial charge >= 0.3 is 0 Å². The molecule has 0 amide bonds. The van der Waals surface area contributed by atoms with Crippen LogP contribution in [0.3, 0.4) is 0 Å². The highest BCUT2D eigenvalue weighted by Crippen LogP contribution is 2.31. The molecule has 0 heterocycles. The van der Waals surface area contributed by atoms with Crippen LogP contribution < -0.4 is 0 Å². The van der Waals surface area contributed by atoms with Crippen molar-refractivity contribution in [3.05, 3.63) is 12.2 Å². The molecule has 9 heavy (non-hydrogen) atoms. The fourth-order valence-electron chi connectivity index (χ4n) is 0.977. The molecule has 0 bridgehead atoms. The normalized spacial score (nSPS) is 41.9. The van der Waals surface area contributed by atoms with Gasteiger partial charge in [0.2, 0.25) is 0 Å². The summed E-state index contributed by atoms with van der Waals surface area (Å²) in [6.07, 6.45) is 3.96. The minimum absolute atomic E-state index is 0.0567. The van der Waals surface area contributed by atoms with Crippen LogP contribution in [0.25, 0.3) is 0 Å². The van der Waals surface area contributed by atoms with E-state index in [4.69, 9.17) is 5.11 Å². The number of aliphatic hydroxyl groups is 2. The molecule has 1 rings (SSSR count). The first-order valence-electron chi connectivity index (χ1n) is 3.15. The summed E-state index contributed by atoms with van der Waals surface area (Å²) in [5.41, 5.74) is -0.306. The van der Waals surface area contributed by atoms with E-state index in [9.17, 15) is 5.11 Å². The van der Waals surface area contributed by atoms with Crippen molar-refractivity contribution in [3.8, 4) is 0 Å². The molecule has 1 aliphatic rings. The molecule has 1 unspecified atom stereocenters. The quantitative estimate of drug-likeness (QED) is 0.499. The second kappa shape index (κ2) is 2.12. The van der Waals surface area contributed by atoms with Crippen LogP contribution in [0.5, 0.6) is 0 Å². The lowest BCUT2D eigenvalue weighted by atomic mass is 9.87. The van der Waals surface area contributed by atoms with Crippen molar-refractivity contribution < 1.29 is 10.2 Å². The zero-order valence-electron chi connectivity index (χ0n) is 5.54. The first kappa shape index (κ1) is 6.78. The third kappa shape index (κ3) is 1.00. The van der Waals surface area contributed by atoms with E-state index in [0.717, 1.165) is 6.42 Å². The van der Waals surface area contributed by atoms with Crippen molar-refractivity contribution in [3.63, 3.8) is 0 Å². The van der Waals surface area contributed by atoms with Crippen molar-refractivity contribution in [2.24, 2.45) is 5.41 Å². The van der Waals surface area contributed by atoms with Crippen molar-refractivity contribution in [1.82, 2.24) is 0 Å². The average Bonchev–Trinajstić information content (AvgIpc) is 2.15. The van der Waals surface area contributed by atoms with Crippen LogP contribution in [0.15, 0.2) is 12.2 Å². The second-order valence-electron chi connectivity index (χ2n) is 2.89. The van der Waals surface area contributed by atoms with Gasteiger partial charge in [-0.1, -0.05) is 19.1 Å². The summed E-state index contributed by atoms with van der Waals surface area (Å²) >= 11 is 0. The number of hydrogen-bond donors (Lipinski definition) is 2. The van der Waals surface area contributed by atoms with Gasteiger partial charge < -0.3 is 10.2 Å². The molecule has 2 nitrogen and oxygen atoms in total. The predicted molar refractivity (Wildman–Crippen MR) is 35.0 cm³/mol. The van der Waals surface area contributed by atoms with Gasteiger partial charge in [0, 0.05) is 5.41 Å². The van der Waals surface area contributed by atoms with Crippen molar-refractivity contribution in [2.45, 2.75) is 19.4 Å². The third-order valence-corrected chi connectivity index (χ3v) is 1.98. The van der Waals surface area contributed by atoms with Gasteiger partial charge in [-0.3, -0.25) is 0 Å². The molecule has 2 N–H and O–H groups in total. The molecule has 1 aliphatic carbocycles. The average molecular weight is 128 g/mol. The van der Waals surface area contributed by atoms with Gasteiger partial charge in [0.05, 0.1) is 12.7 Å². The maximum atomic E-state index is 9.20. The summed E-state index contributed by atoms with van der Waals surface area (Å²) in [6.45, 7) is 1.93. The molecular formula is C7H12O2. The molecule has 0 aliphatic heterocycles. The lowest BCUT2D eigenvalue weighted by Crippen LogP contribution is -2.30. The van der Waals surface area contributed by atoms with Gasteiger partial charge in [0.1, 0.15) is 0 Å². The van der Waals surface area contributed by atoms with Crippen LogP contribution in [-0.2, 0) is 0 Å². The van der Waals surface area contributed by atoms with Gasteiger partial charge in [-0.15, -0.1) is 0 Å². The third-order valence-electron chi connectivity index (χ3n) is 1.98. The zero-order chi connectivity index (χ0) is 6.91. The summed E-state index contributed by atoms with van der Waals surface area (Å²) in [5.74, 6) is 0. The number of rotatable bonds is 1. The first-order chi connectivity index (χ1) is 4.19. The highest BCUT2D eigenvalue weighted by atomic mass is 16.3. The molecule has 2 atom stereocenters. The molecule has 0 spiro atoms. The van der Waals surface area contributed by atoms with E-state index in [-0.39, 0.29) is 12.0 Å². The highest BCUT2D eigenvalue weighted by molar-refractivity contribution is 5.07. The minimum Gasteiger partial charge on any atom is -0.396 e. The van der Waals surface area contributed by atoms with Crippen molar-refractivity contribution in [1.29, 1.82) is 0 Å². The van der Waals surface area contributed by atoms with Crippen LogP contribution in [0, 0.1) is 5.41 Å². The molecule has 2 heteroatoms. The molecule has 0 aromatic heterocycles. The van der Waals surface area contributed by atoms with E-state index in [2.05, 4.69) is 0 Å². The van der Waals surface area contributed by atoms with E-state index >= 15 is 0 Å². The molecule has 0 saturated carbocycles. The van der Waals surface area contributed by atoms with Crippen LogP contribution in [-0.4, -0.2) is 22.9 Å². The summed E-state index contributed by atoms with van der Waals surface area (Å²) < 4.78 is 0. The van der Waals surface area contributed by atoms with E-state index in [1.807, 2.05) is 13.0 Å². The molecule has 0 saturated heterocycles. The van der Waals surface area contributed by atoms with Crippen molar-refractivity contribution >= 4 is 0 Å². The van der Waals surface area contributed by atoms with E-state index in [1.165, 1.54) is 0 Å². The zero-order valence-corrected chi connectivity index (χ0v) is 5.54. The Hall–Kier alpha value is -0.340. The van der Waals surface area contributed by atoms with Gasteiger partial charge in [0.25, 0.3) is 0 Å².